The van der Waals surface area contributed by atoms with Crippen LogP contribution in [0.25, 0.3) is 0 Å². The minimum absolute atomic E-state index is 0.363. The van der Waals surface area contributed by atoms with Gasteiger partial charge in [-0.3, -0.25) is 4.79 Å². The molecule has 5 heteroatoms. The number of hydrogen-bond acceptors (Lipinski definition) is 4. The second-order valence-electron chi connectivity index (χ2n) is 3.45. The van der Waals surface area contributed by atoms with Gasteiger partial charge < -0.3 is 20.1 Å². The van der Waals surface area contributed by atoms with Gasteiger partial charge in [-0.15, -0.1) is 0 Å². The van der Waals surface area contributed by atoms with Crippen LogP contribution in [0.3, 0.4) is 0 Å². The molecule has 0 bridgehead atoms. The fraction of sp³-hybridized carbons (Fsp3) is 0.900. The van der Waals surface area contributed by atoms with Crippen LogP contribution >= 0.6 is 0 Å². The molecular formula is C10H22N2O3. The third kappa shape index (κ3) is 9.65. The number of nitrogens with zero attached hydrogens (tertiary/aromatic N) is 1. The van der Waals surface area contributed by atoms with Crippen LogP contribution in [-0.2, 0) is 9.53 Å². The van der Waals surface area contributed by atoms with E-state index in [9.17, 15) is 9.90 Å². The molecule has 0 saturated carbocycles. The molecule has 0 aliphatic rings. The predicted molar refractivity (Wildman–Crippen MR) is 58.7 cm³/mol. The van der Waals surface area contributed by atoms with Crippen molar-refractivity contribution in [1.29, 1.82) is 0 Å². The van der Waals surface area contributed by atoms with Crippen molar-refractivity contribution in [3.63, 3.8) is 0 Å². The number of carbonyl (C=O) groups is 1. The average Bonchev–Trinajstić information content (AvgIpc) is 2.23. The van der Waals surface area contributed by atoms with Crippen LogP contribution in [0.2, 0.25) is 0 Å². The molecule has 15 heavy (non-hydrogen) atoms. The van der Waals surface area contributed by atoms with Crippen molar-refractivity contribution in [3.8, 4) is 0 Å². The van der Waals surface area contributed by atoms with Gasteiger partial charge in [0.25, 0.3) is 0 Å². The van der Waals surface area contributed by atoms with Crippen molar-refractivity contribution >= 4 is 6.41 Å². The van der Waals surface area contributed by atoms with Crippen LogP contribution in [0.5, 0.6) is 0 Å². The molecule has 0 aromatic heterocycles. The lowest BCUT2D eigenvalue weighted by Gasteiger charge is -2.16. The first-order valence-electron chi connectivity index (χ1n) is 5.32. The van der Waals surface area contributed by atoms with E-state index in [0.717, 1.165) is 26.2 Å². The van der Waals surface area contributed by atoms with Crippen LogP contribution in [-0.4, -0.2) is 62.4 Å². The van der Waals surface area contributed by atoms with Gasteiger partial charge in [-0.2, -0.15) is 0 Å². The molecule has 1 amide bonds. The van der Waals surface area contributed by atoms with E-state index in [1.165, 1.54) is 4.90 Å². The first kappa shape index (κ1) is 14.3. The van der Waals surface area contributed by atoms with E-state index in [-0.39, 0.29) is 0 Å². The van der Waals surface area contributed by atoms with Crippen LogP contribution in [0.4, 0.5) is 0 Å². The van der Waals surface area contributed by atoms with Gasteiger partial charge >= 0.3 is 0 Å². The van der Waals surface area contributed by atoms with Gasteiger partial charge in [0.05, 0.1) is 6.10 Å². The minimum Gasteiger partial charge on any atom is -0.390 e. The highest BCUT2D eigenvalue weighted by Gasteiger charge is 2.05. The Morgan fingerprint density at radius 3 is 2.93 bits per heavy atom. The summed E-state index contributed by atoms with van der Waals surface area (Å²) in [5.74, 6) is 0. The first-order chi connectivity index (χ1) is 7.20. The molecule has 1 atom stereocenters. The highest BCUT2D eigenvalue weighted by molar-refractivity contribution is 5.46. The number of amides is 1. The summed E-state index contributed by atoms with van der Waals surface area (Å²) in [5, 5.41) is 12.6. The molecule has 0 heterocycles. The second kappa shape index (κ2) is 9.89. The van der Waals surface area contributed by atoms with Gasteiger partial charge in [-0.05, 0) is 19.9 Å². The van der Waals surface area contributed by atoms with E-state index in [2.05, 4.69) is 5.32 Å². The maximum absolute atomic E-state index is 10.3. The zero-order valence-electron chi connectivity index (χ0n) is 9.61. The zero-order valence-corrected chi connectivity index (χ0v) is 9.61. The SMILES string of the molecule is CCOCCCNCC(O)CN(C)C=O. The largest absolute Gasteiger partial charge is 0.390 e. The maximum Gasteiger partial charge on any atom is 0.209 e. The Balaban J connectivity index is 3.23. The summed E-state index contributed by atoms with van der Waals surface area (Å²) in [4.78, 5) is 11.7. The van der Waals surface area contributed by atoms with E-state index in [4.69, 9.17) is 4.74 Å². The molecule has 0 aromatic carbocycles. The highest BCUT2D eigenvalue weighted by atomic mass is 16.5. The lowest BCUT2D eigenvalue weighted by molar-refractivity contribution is -0.118. The first-order valence-corrected chi connectivity index (χ1v) is 5.32. The monoisotopic (exact) mass is 218 g/mol. The van der Waals surface area contributed by atoms with Gasteiger partial charge in [0.2, 0.25) is 6.41 Å². The Hall–Kier alpha value is -0.650. The summed E-state index contributed by atoms with van der Waals surface area (Å²) >= 11 is 0. The van der Waals surface area contributed by atoms with E-state index < -0.39 is 6.10 Å². The number of nitrogens with one attached hydrogen (secondary N) is 1. The fourth-order valence-corrected chi connectivity index (χ4v) is 1.15. The Morgan fingerprint density at radius 2 is 2.33 bits per heavy atom. The van der Waals surface area contributed by atoms with Crippen LogP contribution < -0.4 is 5.32 Å². The summed E-state index contributed by atoms with van der Waals surface area (Å²) in [7, 11) is 1.64. The van der Waals surface area contributed by atoms with Crippen molar-refractivity contribution in [3.05, 3.63) is 0 Å². The maximum atomic E-state index is 10.3. The van der Waals surface area contributed by atoms with Crippen molar-refractivity contribution < 1.29 is 14.6 Å². The van der Waals surface area contributed by atoms with Gasteiger partial charge in [0.15, 0.2) is 0 Å². The van der Waals surface area contributed by atoms with Crippen molar-refractivity contribution in [2.45, 2.75) is 19.4 Å². The Labute approximate surface area is 91.4 Å². The van der Waals surface area contributed by atoms with Crippen molar-refractivity contribution in [2.24, 2.45) is 0 Å². The van der Waals surface area contributed by atoms with E-state index in [0.29, 0.717) is 19.5 Å². The summed E-state index contributed by atoms with van der Waals surface area (Å²) in [6.45, 7) is 5.14. The average molecular weight is 218 g/mol. The number of aliphatic hydroxyl groups excluding tert-OH is 1. The summed E-state index contributed by atoms with van der Waals surface area (Å²) in [6.07, 6.45) is 1.13. The third-order valence-electron chi connectivity index (χ3n) is 1.90. The molecule has 90 valence electrons. The Bertz CT molecular complexity index is 156. The molecule has 5 nitrogen and oxygen atoms in total. The molecule has 0 aromatic rings. The molecule has 0 rings (SSSR count). The highest BCUT2D eigenvalue weighted by Crippen LogP contribution is 1.85. The molecule has 0 saturated heterocycles. The van der Waals surface area contributed by atoms with E-state index in [1.807, 2.05) is 6.92 Å². The van der Waals surface area contributed by atoms with Gasteiger partial charge in [0.1, 0.15) is 0 Å². The predicted octanol–water partition coefficient (Wildman–Crippen LogP) is -0.548. The number of likely N-dealkylation sites (N-methyl/N-ethyl adjacent to an activating group) is 1. The van der Waals surface area contributed by atoms with Crippen LogP contribution in [0.15, 0.2) is 0 Å². The second-order valence-corrected chi connectivity index (χ2v) is 3.45. The van der Waals surface area contributed by atoms with E-state index in [1.54, 1.807) is 7.05 Å². The third-order valence-corrected chi connectivity index (χ3v) is 1.90. The molecule has 0 fully saturated rings. The summed E-state index contributed by atoms with van der Waals surface area (Å²) < 4.78 is 5.17. The Morgan fingerprint density at radius 1 is 1.60 bits per heavy atom. The van der Waals surface area contributed by atoms with Crippen molar-refractivity contribution in [2.75, 3.05) is 39.9 Å². The zero-order chi connectivity index (χ0) is 11.5. The van der Waals surface area contributed by atoms with E-state index >= 15 is 0 Å². The lowest BCUT2D eigenvalue weighted by Crippen LogP contribution is -2.36. The quantitative estimate of drug-likeness (QED) is 0.381. The molecule has 1 unspecified atom stereocenters. The van der Waals surface area contributed by atoms with Gasteiger partial charge in [-0.25, -0.2) is 0 Å². The molecular weight excluding hydrogens is 196 g/mol. The van der Waals surface area contributed by atoms with Gasteiger partial charge in [-0.1, -0.05) is 0 Å². The smallest absolute Gasteiger partial charge is 0.209 e. The molecule has 0 spiro atoms. The normalized spacial score (nSPS) is 12.5. The molecule has 2 N–H and O–H groups in total. The molecule has 0 radical (unpaired) electrons. The fourth-order valence-electron chi connectivity index (χ4n) is 1.15. The minimum atomic E-state index is -0.507. The summed E-state index contributed by atoms with van der Waals surface area (Å²) in [5.41, 5.74) is 0. The number of hydrogen-bond donors (Lipinski definition) is 2. The molecule has 0 aliphatic carbocycles. The standard InChI is InChI=1S/C10H22N2O3/c1-3-15-6-4-5-11-7-10(14)8-12(2)9-13/h9-11,14H,3-8H2,1-2H3. The van der Waals surface area contributed by atoms with Crippen LogP contribution in [0.1, 0.15) is 13.3 Å². The number of aliphatic hydroxyl groups is 1. The number of rotatable bonds is 10. The van der Waals surface area contributed by atoms with Crippen molar-refractivity contribution in [1.82, 2.24) is 10.2 Å². The van der Waals surface area contributed by atoms with Gasteiger partial charge in [0, 0.05) is 33.4 Å². The topological polar surface area (TPSA) is 61.8 Å². The number of carbonyl (C=O) groups excluding carboxylic acids is 1. The lowest BCUT2D eigenvalue weighted by atomic mass is 10.3. The summed E-state index contributed by atoms with van der Waals surface area (Å²) in [6, 6.07) is 0. The molecule has 0 aliphatic heterocycles. The Kier molecular flexibility index (Phi) is 9.46. The number of ether oxygens (including phenoxy) is 1. The van der Waals surface area contributed by atoms with Crippen LogP contribution in [0, 0.1) is 0 Å².